The molecule has 0 aromatic heterocycles. The third kappa shape index (κ3) is 2.74. The number of halogens is 2. The van der Waals surface area contributed by atoms with Gasteiger partial charge >= 0.3 is 0 Å². The Bertz CT molecular complexity index is 341. The van der Waals surface area contributed by atoms with Gasteiger partial charge in [-0.15, -0.1) is 0 Å². The molecule has 3 heteroatoms. The fraction of sp³-hybridized carbons (Fsp3) is 0.538. The van der Waals surface area contributed by atoms with E-state index >= 15 is 0 Å². The highest BCUT2D eigenvalue weighted by Gasteiger charge is 2.30. The summed E-state index contributed by atoms with van der Waals surface area (Å²) in [7, 11) is 0. The fourth-order valence-corrected chi connectivity index (χ4v) is 2.43. The monoisotopic (exact) mass is 241 g/mol. The van der Waals surface area contributed by atoms with Crippen molar-refractivity contribution in [3.63, 3.8) is 0 Å². The lowest BCUT2D eigenvalue weighted by Gasteiger charge is -2.24. The molecule has 0 amide bonds. The average Bonchev–Trinajstić information content (AvgIpc) is 2.70. The second-order valence-electron chi connectivity index (χ2n) is 4.70. The lowest BCUT2D eigenvalue weighted by Crippen LogP contribution is -2.29. The molecule has 1 aromatic carbocycles. The molecule has 0 spiro atoms. The van der Waals surface area contributed by atoms with E-state index in [2.05, 4.69) is 5.32 Å². The molecular formula is C13H17ClFN. The topological polar surface area (TPSA) is 12.0 Å². The van der Waals surface area contributed by atoms with Crippen molar-refractivity contribution in [2.24, 2.45) is 0 Å². The second-order valence-corrected chi connectivity index (χ2v) is 5.14. The van der Waals surface area contributed by atoms with Crippen LogP contribution in [0.15, 0.2) is 24.3 Å². The van der Waals surface area contributed by atoms with Crippen LogP contribution < -0.4 is 5.32 Å². The number of hydrogen-bond acceptors (Lipinski definition) is 1. The molecule has 1 fully saturated rings. The van der Waals surface area contributed by atoms with Crippen LogP contribution in [0.25, 0.3) is 0 Å². The van der Waals surface area contributed by atoms with Gasteiger partial charge < -0.3 is 5.32 Å². The van der Waals surface area contributed by atoms with Crippen LogP contribution in [-0.2, 0) is 5.67 Å². The molecule has 1 aromatic rings. The Hall–Kier alpha value is -0.600. The molecule has 0 radical (unpaired) electrons. The predicted octanol–water partition coefficient (Wildman–Crippen LogP) is 3.67. The first-order valence-corrected chi connectivity index (χ1v) is 6.14. The Morgan fingerprint density at radius 3 is 2.69 bits per heavy atom. The smallest absolute Gasteiger partial charge is 0.134 e. The summed E-state index contributed by atoms with van der Waals surface area (Å²) in [6.45, 7) is 2.66. The highest BCUT2D eigenvalue weighted by molar-refractivity contribution is 6.30. The number of rotatable bonds is 3. The van der Waals surface area contributed by atoms with Crippen LogP contribution in [0.1, 0.15) is 31.7 Å². The van der Waals surface area contributed by atoms with E-state index in [4.69, 9.17) is 11.6 Å². The first kappa shape index (κ1) is 11.9. The summed E-state index contributed by atoms with van der Waals surface area (Å²) in [5.74, 6) is 0. The highest BCUT2D eigenvalue weighted by Crippen LogP contribution is 2.33. The van der Waals surface area contributed by atoms with Gasteiger partial charge in [-0.3, -0.25) is 0 Å². The zero-order valence-corrected chi connectivity index (χ0v) is 10.2. The molecule has 1 saturated heterocycles. The Morgan fingerprint density at radius 2 is 2.12 bits per heavy atom. The van der Waals surface area contributed by atoms with Gasteiger partial charge in [-0.2, -0.15) is 0 Å². The van der Waals surface area contributed by atoms with E-state index in [1.807, 2.05) is 0 Å². The van der Waals surface area contributed by atoms with Crippen LogP contribution >= 0.6 is 11.6 Å². The molecule has 1 nitrogen and oxygen atoms in total. The summed E-state index contributed by atoms with van der Waals surface area (Å²) in [6.07, 6.45) is 2.77. The van der Waals surface area contributed by atoms with Crippen LogP contribution in [0.5, 0.6) is 0 Å². The number of nitrogens with one attached hydrogen (secondary N) is 1. The summed E-state index contributed by atoms with van der Waals surface area (Å²) in [5, 5.41) is 3.98. The van der Waals surface area contributed by atoms with Gasteiger partial charge in [-0.1, -0.05) is 23.7 Å². The molecule has 1 aliphatic heterocycles. The van der Waals surface area contributed by atoms with Gasteiger partial charge in [0.2, 0.25) is 0 Å². The van der Waals surface area contributed by atoms with Crippen LogP contribution in [0.4, 0.5) is 4.39 Å². The van der Waals surface area contributed by atoms with Crippen LogP contribution in [-0.4, -0.2) is 12.6 Å². The molecule has 2 unspecified atom stereocenters. The molecule has 2 rings (SSSR count). The third-order valence-electron chi connectivity index (χ3n) is 3.24. The molecule has 1 aliphatic rings. The maximum absolute atomic E-state index is 14.5. The van der Waals surface area contributed by atoms with Crippen molar-refractivity contribution in [3.8, 4) is 0 Å². The van der Waals surface area contributed by atoms with E-state index in [0.29, 0.717) is 23.0 Å². The van der Waals surface area contributed by atoms with Crippen molar-refractivity contribution in [2.75, 3.05) is 6.54 Å². The SMILES string of the molecule is CC(F)(CC1CCCN1)c1ccc(Cl)cc1. The van der Waals surface area contributed by atoms with Gasteiger partial charge in [-0.05, 0) is 44.0 Å². The number of alkyl halides is 1. The lowest BCUT2D eigenvalue weighted by molar-refractivity contribution is 0.159. The Labute approximate surface area is 101 Å². The summed E-state index contributed by atoms with van der Waals surface area (Å²) >= 11 is 5.80. The van der Waals surface area contributed by atoms with Crippen molar-refractivity contribution in [1.82, 2.24) is 5.32 Å². The molecule has 0 aliphatic carbocycles. The molecular weight excluding hydrogens is 225 g/mol. The minimum atomic E-state index is -1.27. The molecule has 16 heavy (non-hydrogen) atoms. The van der Waals surface area contributed by atoms with E-state index in [9.17, 15) is 4.39 Å². The summed E-state index contributed by atoms with van der Waals surface area (Å²) in [6, 6.07) is 7.35. The molecule has 88 valence electrons. The summed E-state index contributed by atoms with van der Waals surface area (Å²) in [5.41, 5.74) is -0.558. The van der Waals surface area contributed by atoms with E-state index < -0.39 is 5.67 Å². The standard InChI is InChI=1S/C13H17ClFN/c1-13(15,9-12-3-2-8-16-12)10-4-6-11(14)7-5-10/h4-7,12,16H,2-3,8-9H2,1H3. The van der Waals surface area contributed by atoms with E-state index in [1.54, 1.807) is 31.2 Å². The first-order chi connectivity index (χ1) is 7.58. The van der Waals surface area contributed by atoms with Crippen molar-refractivity contribution >= 4 is 11.6 Å². The Morgan fingerprint density at radius 1 is 1.44 bits per heavy atom. The van der Waals surface area contributed by atoms with Gasteiger partial charge in [-0.25, -0.2) is 4.39 Å². The van der Waals surface area contributed by atoms with Crippen molar-refractivity contribution in [3.05, 3.63) is 34.9 Å². The Kier molecular flexibility index (Phi) is 3.50. The van der Waals surface area contributed by atoms with Gasteiger partial charge in [0.25, 0.3) is 0 Å². The zero-order chi connectivity index (χ0) is 11.6. The lowest BCUT2D eigenvalue weighted by atomic mass is 9.90. The molecule has 0 saturated carbocycles. The van der Waals surface area contributed by atoms with Gasteiger partial charge in [0.1, 0.15) is 5.67 Å². The summed E-state index contributed by atoms with van der Waals surface area (Å²) in [4.78, 5) is 0. The average molecular weight is 242 g/mol. The summed E-state index contributed by atoms with van der Waals surface area (Å²) < 4.78 is 14.5. The second kappa shape index (κ2) is 4.72. The van der Waals surface area contributed by atoms with E-state index in [0.717, 1.165) is 19.4 Å². The number of benzene rings is 1. The van der Waals surface area contributed by atoms with Crippen molar-refractivity contribution < 1.29 is 4.39 Å². The van der Waals surface area contributed by atoms with Crippen molar-refractivity contribution in [2.45, 2.75) is 37.9 Å². The fourth-order valence-electron chi connectivity index (χ4n) is 2.31. The van der Waals surface area contributed by atoms with Crippen LogP contribution in [0.3, 0.4) is 0 Å². The maximum atomic E-state index is 14.5. The quantitative estimate of drug-likeness (QED) is 0.852. The molecule has 2 atom stereocenters. The minimum Gasteiger partial charge on any atom is -0.314 e. The van der Waals surface area contributed by atoms with Crippen LogP contribution in [0, 0.1) is 0 Å². The van der Waals surface area contributed by atoms with Crippen LogP contribution in [0.2, 0.25) is 5.02 Å². The first-order valence-electron chi connectivity index (χ1n) is 5.76. The molecule has 0 bridgehead atoms. The van der Waals surface area contributed by atoms with E-state index in [1.165, 1.54) is 0 Å². The number of hydrogen-bond donors (Lipinski definition) is 1. The largest absolute Gasteiger partial charge is 0.314 e. The highest BCUT2D eigenvalue weighted by atomic mass is 35.5. The molecule has 1 N–H and O–H groups in total. The normalized spacial score (nSPS) is 24.3. The zero-order valence-electron chi connectivity index (χ0n) is 9.47. The van der Waals surface area contributed by atoms with E-state index in [-0.39, 0.29) is 0 Å². The van der Waals surface area contributed by atoms with Gasteiger partial charge in [0, 0.05) is 17.5 Å². The van der Waals surface area contributed by atoms with Gasteiger partial charge in [0.05, 0.1) is 0 Å². The third-order valence-corrected chi connectivity index (χ3v) is 3.49. The molecule has 1 heterocycles. The maximum Gasteiger partial charge on any atom is 0.134 e. The predicted molar refractivity (Wildman–Crippen MR) is 65.6 cm³/mol. The Balaban J connectivity index is 2.07. The van der Waals surface area contributed by atoms with Crippen molar-refractivity contribution in [1.29, 1.82) is 0 Å². The van der Waals surface area contributed by atoms with Gasteiger partial charge in [0.15, 0.2) is 0 Å². The minimum absolute atomic E-state index is 0.311.